The fourth-order valence-electron chi connectivity index (χ4n) is 2.95. The van der Waals surface area contributed by atoms with Crippen LogP contribution in [0.1, 0.15) is 39.2 Å². The smallest absolute Gasteiger partial charge is 0.0474 e. The molecule has 0 radical (unpaired) electrons. The number of hydrogen-bond acceptors (Lipinski definition) is 1. The van der Waals surface area contributed by atoms with Crippen LogP contribution in [0.5, 0.6) is 0 Å². The highest BCUT2D eigenvalue weighted by Crippen LogP contribution is 2.48. The van der Waals surface area contributed by atoms with Crippen molar-refractivity contribution in [3.05, 3.63) is 35.9 Å². The summed E-state index contributed by atoms with van der Waals surface area (Å²) in [7, 11) is 0. The Morgan fingerprint density at radius 2 is 1.56 bits per heavy atom. The lowest BCUT2D eigenvalue weighted by atomic mass is 9.59. The number of ether oxygens (including phenoxy) is 1. The average molecular weight is 218 g/mol. The van der Waals surface area contributed by atoms with Crippen LogP contribution in [0, 0.1) is 5.41 Å². The average Bonchev–Trinajstić information content (AvgIpc) is 2.30. The highest BCUT2D eigenvalue weighted by atomic mass is 16.5. The molecule has 0 atom stereocenters. The zero-order valence-corrected chi connectivity index (χ0v) is 10.6. The molecule has 1 aromatic rings. The van der Waals surface area contributed by atoms with Gasteiger partial charge in [0, 0.05) is 18.6 Å². The molecule has 16 heavy (non-hydrogen) atoms. The molecule has 0 aromatic heterocycles. The first-order chi connectivity index (χ1) is 7.56. The molecule has 0 unspecified atom stereocenters. The van der Waals surface area contributed by atoms with Gasteiger partial charge in [0.25, 0.3) is 0 Å². The number of benzene rings is 1. The minimum absolute atomic E-state index is 0.284. The monoisotopic (exact) mass is 218 g/mol. The second kappa shape index (κ2) is 4.21. The van der Waals surface area contributed by atoms with Crippen molar-refractivity contribution in [1.82, 2.24) is 0 Å². The van der Waals surface area contributed by atoms with E-state index in [4.69, 9.17) is 4.74 Å². The zero-order valence-electron chi connectivity index (χ0n) is 10.6. The van der Waals surface area contributed by atoms with Gasteiger partial charge in [-0.3, -0.25) is 0 Å². The number of hydrogen-bond donors (Lipinski definition) is 0. The second-order valence-electron chi connectivity index (χ2n) is 5.81. The van der Waals surface area contributed by atoms with Crippen LogP contribution in [0.25, 0.3) is 0 Å². The van der Waals surface area contributed by atoms with Crippen LogP contribution < -0.4 is 0 Å². The number of rotatable bonds is 1. The van der Waals surface area contributed by atoms with Gasteiger partial charge in [-0.25, -0.2) is 0 Å². The molecule has 0 N–H and O–H groups in total. The molecule has 1 heteroatoms. The molecule has 0 saturated carbocycles. The first-order valence-corrected chi connectivity index (χ1v) is 6.20. The summed E-state index contributed by atoms with van der Waals surface area (Å²) in [6, 6.07) is 10.9. The highest BCUT2D eigenvalue weighted by Gasteiger charge is 2.44. The first kappa shape index (κ1) is 11.7. The summed E-state index contributed by atoms with van der Waals surface area (Å²) in [6.45, 7) is 8.85. The fraction of sp³-hybridized carbons (Fsp3) is 0.600. The summed E-state index contributed by atoms with van der Waals surface area (Å²) in [5.41, 5.74) is 2.05. The van der Waals surface area contributed by atoms with E-state index in [9.17, 15) is 0 Å². The van der Waals surface area contributed by atoms with E-state index in [1.165, 1.54) is 5.56 Å². The van der Waals surface area contributed by atoms with Gasteiger partial charge < -0.3 is 4.74 Å². The standard InChI is InChI=1S/C15H22O/c1-14(2,3)15(9-11-16-12-10-15)13-7-5-4-6-8-13/h4-8H,9-12H2,1-3H3. The molecule has 1 nitrogen and oxygen atoms in total. The third kappa shape index (κ3) is 1.89. The van der Waals surface area contributed by atoms with Gasteiger partial charge in [-0.05, 0) is 23.8 Å². The van der Waals surface area contributed by atoms with Crippen molar-refractivity contribution in [3.8, 4) is 0 Å². The maximum Gasteiger partial charge on any atom is 0.0474 e. The van der Waals surface area contributed by atoms with Gasteiger partial charge >= 0.3 is 0 Å². The summed E-state index contributed by atoms with van der Waals surface area (Å²) < 4.78 is 5.54. The van der Waals surface area contributed by atoms with Gasteiger partial charge in [-0.2, -0.15) is 0 Å². The van der Waals surface area contributed by atoms with Crippen LogP contribution in [0.15, 0.2) is 30.3 Å². The molecule has 0 bridgehead atoms. The molecule has 0 aliphatic carbocycles. The summed E-state index contributed by atoms with van der Waals surface area (Å²) in [5.74, 6) is 0. The predicted molar refractivity (Wildman–Crippen MR) is 67.6 cm³/mol. The van der Waals surface area contributed by atoms with Gasteiger partial charge in [-0.1, -0.05) is 51.1 Å². The van der Waals surface area contributed by atoms with E-state index in [1.54, 1.807) is 0 Å². The van der Waals surface area contributed by atoms with Crippen LogP contribution in [-0.4, -0.2) is 13.2 Å². The van der Waals surface area contributed by atoms with Crippen molar-refractivity contribution in [2.45, 2.75) is 39.0 Å². The maximum absolute atomic E-state index is 5.54. The molecule has 1 saturated heterocycles. The third-order valence-electron chi connectivity index (χ3n) is 4.11. The Morgan fingerprint density at radius 3 is 2.06 bits per heavy atom. The molecule has 1 heterocycles. The minimum atomic E-state index is 0.284. The van der Waals surface area contributed by atoms with Crippen LogP contribution in [0.3, 0.4) is 0 Å². The van der Waals surface area contributed by atoms with Crippen molar-refractivity contribution in [2.24, 2.45) is 5.41 Å². The Morgan fingerprint density at radius 1 is 1.00 bits per heavy atom. The first-order valence-electron chi connectivity index (χ1n) is 6.20. The summed E-state index contributed by atoms with van der Waals surface area (Å²) >= 11 is 0. The molecule has 1 fully saturated rings. The third-order valence-corrected chi connectivity index (χ3v) is 4.11. The van der Waals surface area contributed by atoms with Gasteiger partial charge in [0.2, 0.25) is 0 Å². The van der Waals surface area contributed by atoms with E-state index in [1.807, 2.05) is 0 Å². The van der Waals surface area contributed by atoms with Crippen LogP contribution >= 0.6 is 0 Å². The van der Waals surface area contributed by atoms with E-state index in [-0.39, 0.29) is 10.8 Å². The molecule has 1 aromatic carbocycles. The minimum Gasteiger partial charge on any atom is -0.381 e. The lowest BCUT2D eigenvalue weighted by molar-refractivity contribution is 0.00370. The fourth-order valence-corrected chi connectivity index (χ4v) is 2.95. The highest BCUT2D eigenvalue weighted by molar-refractivity contribution is 5.28. The second-order valence-corrected chi connectivity index (χ2v) is 5.81. The van der Waals surface area contributed by atoms with Crippen LogP contribution in [0.4, 0.5) is 0 Å². The van der Waals surface area contributed by atoms with Crippen molar-refractivity contribution >= 4 is 0 Å². The van der Waals surface area contributed by atoms with E-state index in [0.717, 1.165) is 26.1 Å². The lowest BCUT2D eigenvalue weighted by Gasteiger charge is -2.48. The van der Waals surface area contributed by atoms with Crippen molar-refractivity contribution in [2.75, 3.05) is 13.2 Å². The molecule has 2 rings (SSSR count). The summed E-state index contributed by atoms with van der Waals surface area (Å²) in [6.07, 6.45) is 2.28. The zero-order chi connectivity index (χ0) is 11.6. The summed E-state index contributed by atoms with van der Waals surface area (Å²) in [5, 5.41) is 0. The Hall–Kier alpha value is -0.820. The maximum atomic E-state index is 5.54. The topological polar surface area (TPSA) is 9.23 Å². The van der Waals surface area contributed by atoms with Gasteiger partial charge in [0.15, 0.2) is 0 Å². The van der Waals surface area contributed by atoms with Crippen molar-refractivity contribution in [3.63, 3.8) is 0 Å². The SMILES string of the molecule is CC(C)(C)C1(c2ccccc2)CCOCC1. The molecule has 1 aliphatic rings. The molecular weight excluding hydrogens is 196 g/mol. The van der Waals surface area contributed by atoms with E-state index in [2.05, 4.69) is 51.1 Å². The quantitative estimate of drug-likeness (QED) is 0.697. The van der Waals surface area contributed by atoms with Crippen molar-refractivity contribution < 1.29 is 4.74 Å². The van der Waals surface area contributed by atoms with E-state index >= 15 is 0 Å². The Kier molecular flexibility index (Phi) is 3.07. The predicted octanol–water partition coefficient (Wildman–Crippen LogP) is 3.78. The van der Waals surface area contributed by atoms with Gasteiger partial charge in [-0.15, -0.1) is 0 Å². The lowest BCUT2D eigenvalue weighted by Crippen LogP contribution is -2.44. The van der Waals surface area contributed by atoms with Gasteiger partial charge in [0.05, 0.1) is 0 Å². The van der Waals surface area contributed by atoms with E-state index in [0.29, 0.717) is 0 Å². The molecule has 1 aliphatic heterocycles. The van der Waals surface area contributed by atoms with Crippen molar-refractivity contribution in [1.29, 1.82) is 0 Å². The normalized spacial score (nSPS) is 20.7. The molecule has 88 valence electrons. The largest absolute Gasteiger partial charge is 0.381 e. The Balaban J connectivity index is 2.42. The Labute approximate surface area is 98.8 Å². The van der Waals surface area contributed by atoms with Gasteiger partial charge in [0.1, 0.15) is 0 Å². The molecular formula is C15H22O. The van der Waals surface area contributed by atoms with E-state index < -0.39 is 0 Å². The van der Waals surface area contributed by atoms with Crippen LogP contribution in [0.2, 0.25) is 0 Å². The molecule has 0 amide bonds. The molecule has 0 spiro atoms. The summed E-state index contributed by atoms with van der Waals surface area (Å²) in [4.78, 5) is 0. The van der Waals surface area contributed by atoms with Crippen LogP contribution in [-0.2, 0) is 10.2 Å². The Bertz CT molecular complexity index is 328.